The van der Waals surface area contributed by atoms with Crippen LogP contribution in [0.1, 0.15) is 32.6 Å². The zero-order valence-corrected chi connectivity index (χ0v) is 17.1. The maximum Gasteiger partial charge on any atom is 0.261 e. The molecule has 1 saturated heterocycles. The molecule has 2 aliphatic rings. The Kier molecular flexibility index (Phi) is 5.85. The molecule has 1 amide bonds. The first kappa shape index (κ1) is 19.9. The molecule has 1 N–H and O–H groups in total. The molecule has 1 aliphatic heterocycles. The van der Waals surface area contributed by atoms with Gasteiger partial charge in [-0.15, -0.1) is 0 Å². The highest BCUT2D eigenvalue weighted by atomic mass is 16.3. The minimum Gasteiger partial charge on any atom is -0.395 e. The van der Waals surface area contributed by atoms with Crippen molar-refractivity contribution in [2.24, 2.45) is 11.8 Å². The first-order valence-electron chi connectivity index (χ1n) is 10.7. The Labute approximate surface area is 170 Å². The number of rotatable bonds is 4. The molecule has 2 fully saturated rings. The number of aliphatic hydroxyl groups excluding tert-OH is 1. The highest BCUT2D eigenvalue weighted by molar-refractivity contribution is 5.82. The highest BCUT2D eigenvalue weighted by Gasteiger charge is 2.30. The third-order valence-electron chi connectivity index (χ3n) is 6.47. The second kappa shape index (κ2) is 8.53. The second-order valence-electron chi connectivity index (χ2n) is 8.44. The van der Waals surface area contributed by atoms with E-state index in [2.05, 4.69) is 16.8 Å². The molecule has 2 aromatic rings. The van der Waals surface area contributed by atoms with E-state index in [4.69, 9.17) is 5.11 Å². The van der Waals surface area contributed by atoms with Crippen LogP contribution in [0.15, 0.2) is 29.3 Å². The maximum absolute atomic E-state index is 12.8. The van der Waals surface area contributed by atoms with E-state index in [1.807, 2.05) is 23.1 Å². The van der Waals surface area contributed by atoms with Crippen molar-refractivity contribution in [1.82, 2.24) is 14.5 Å². The number of hydrogen-bond acceptors (Lipinski definition) is 5. The van der Waals surface area contributed by atoms with Crippen LogP contribution in [0.5, 0.6) is 0 Å². The standard InChI is InChI=1S/C22H30N4O3/c1-16-2-4-17(5-3-16)21(28)25-10-8-24(9-11-25)18-6-7-19-20(14-18)23-15-26(12-13-27)22(19)29/h6-7,14-17,27H,2-5,8-13H2,1H3. The monoisotopic (exact) mass is 398 g/mol. The van der Waals surface area contributed by atoms with E-state index in [0.29, 0.717) is 16.8 Å². The van der Waals surface area contributed by atoms with E-state index in [0.717, 1.165) is 50.6 Å². The third kappa shape index (κ3) is 4.15. The molecule has 4 rings (SSSR count). The van der Waals surface area contributed by atoms with Gasteiger partial charge in [-0.25, -0.2) is 4.98 Å². The average Bonchev–Trinajstić information content (AvgIpc) is 2.76. The molecule has 29 heavy (non-hydrogen) atoms. The predicted molar refractivity (Wildman–Crippen MR) is 113 cm³/mol. The number of carbonyl (C=O) groups excluding carboxylic acids is 1. The van der Waals surface area contributed by atoms with E-state index in [1.54, 1.807) is 0 Å². The summed E-state index contributed by atoms with van der Waals surface area (Å²) in [4.78, 5) is 34.0. The SMILES string of the molecule is CC1CCC(C(=O)N2CCN(c3ccc4c(=O)n(CCO)cnc4c3)CC2)CC1. The molecule has 1 aliphatic carbocycles. The molecule has 1 saturated carbocycles. The second-order valence-corrected chi connectivity index (χ2v) is 8.44. The predicted octanol–water partition coefficient (Wildman–Crippen LogP) is 1.86. The fourth-order valence-corrected chi connectivity index (χ4v) is 4.56. The molecular weight excluding hydrogens is 368 g/mol. The van der Waals surface area contributed by atoms with Crippen LogP contribution < -0.4 is 10.5 Å². The summed E-state index contributed by atoms with van der Waals surface area (Å²) in [7, 11) is 0. The molecule has 0 bridgehead atoms. The highest BCUT2D eigenvalue weighted by Crippen LogP contribution is 2.30. The van der Waals surface area contributed by atoms with Crippen LogP contribution in [-0.2, 0) is 11.3 Å². The number of amides is 1. The van der Waals surface area contributed by atoms with Gasteiger partial charge in [0.15, 0.2) is 0 Å². The van der Waals surface area contributed by atoms with Crippen molar-refractivity contribution in [3.8, 4) is 0 Å². The largest absolute Gasteiger partial charge is 0.395 e. The number of piperazine rings is 1. The summed E-state index contributed by atoms with van der Waals surface area (Å²) in [6.45, 7) is 5.51. The van der Waals surface area contributed by atoms with Gasteiger partial charge in [-0.3, -0.25) is 14.2 Å². The molecular formula is C22H30N4O3. The normalized spacial score (nSPS) is 22.8. The Morgan fingerprint density at radius 2 is 1.86 bits per heavy atom. The van der Waals surface area contributed by atoms with E-state index >= 15 is 0 Å². The molecule has 1 aromatic heterocycles. The molecule has 0 spiro atoms. The lowest BCUT2D eigenvalue weighted by Gasteiger charge is -2.38. The zero-order valence-electron chi connectivity index (χ0n) is 17.1. The molecule has 0 atom stereocenters. The van der Waals surface area contributed by atoms with Gasteiger partial charge in [0.05, 0.1) is 30.4 Å². The van der Waals surface area contributed by atoms with Gasteiger partial charge >= 0.3 is 0 Å². The number of aromatic nitrogens is 2. The number of anilines is 1. The quantitative estimate of drug-likeness (QED) is 0.851. The van der Waals surface area contributed by atoms with Crippen molar-refractivity contribution < 1.29 is 9.90 Å². The lowest BCUT2D eigenvalue weighted by molar-refractivity contribution is -0.137. The number of hydrogen-bond donors (Lipinski definition) is 1. The number of aliphatic hydroxyl groups is 1. The summed E-state index contributed by atoms with van der Waals surface area (Å²) < 4.78 is 1.43. The van der Waals surface area contributed by atoms with Crippen molar-refractivity contribution in [3.05, 3.63) is 34.9 Å². The maximum atomic E-state index is 12.8. The summed E-state index contributed by atoms with van der Waals surface area (Å²) in [6.07, 6.45) is 5.89. The average molecular weight is 399 g/mol. The van der Waals surface area contributed by atoms with Crippen LogP contribution in [0.2, 0.25) is 0 Å². The van der Waals surface area contributed by atoms with Gasteiger partial charge in [0, 0.05) is 37.8 Å². The van der Waals surface area contributed by atoms with Gasteiger partial charge < -0.3 is 14.9 Å². The van der Waals surface area contributed by atoms with Crippen molar-refractivity contribution in [2.75, 3.05) is 37.7 Å². The van der Waals surface area contributed by atoms with Crippen LogP contribution in [-0.4, -0.2) is 58.3 Å². The zero-order chi connectivity index (χ0) is 20.4. The van der Waals surface area contributed by atoms with Crippen LogP contribution in [0.25, 0.3) is 10.9 Å². The number of carbonyl (C=O) groups is 1. The minimum absolute atomic E-state index is 0.0892. The van der Waals surface area contributed by atoms with Gasteiger partial charge in [0.25, 0.3) is 5.56 Å². The minimum atomic E-state index is -0.132. The Hall–Kier alpha value is -2.41. The number of benzene rings is 1. The van der Waals surface area contributed by atoms with E-state index in [9.17, 15) is 9.59 Å². The Bertz CT molecular complexity index is 925. The van der Waals surface area contributed by atoms with Crippen LogP contribution in [0, 0.1) is 11.8 Å². The van der Waals surface area contributed by atoms with Crippen LogP contribution in [0.3, 0.4) is 0 Å². The van der Waals surface area contributed by atoms with Gasteiger partial charge in [-0.2, -0.15) is 0 Å². The summed E-state index contributed by atoms with van der Waals surface area (Å²) in [5.74, 6) is 1.30. The van der Waals surface area contributed by atoms with Crippen LogP contribution in [0.4, 0.5) is 5.69 Å². The Morgan fingerprint density at radius 1 is 1.14 bits per heavy atom. The van der Waals surface area contributed by atoms with Gasteiger partial charge in [-0.1, -0.05) is 6.92 Å². The molecule has 7 nitrogen and oxygen atoms in total. The lowest BCUT2D eigenvalue weighted by Crippen LogP contribution is -2.50. The fraction of sp³-hybridized carbons (Fsp3) is 0.591. The molecule has 0 unspecified atom stereocenters. The van der Waals surface area contributed by atoms with Crippen LogP contribution >= 0.6 is 0 Å². The third-order valence-corrected chi connectivity index (χ3v) is 6.47. The van der Waals surface area contributed by atoms with Gasteiger partial charge in [0.1, 0.15) is 0 Å². The molecule has 156 valence electrons. The van der Waals surface area contributed by atoms with E-state index in [-0.39, 0.29) is 24.6 Å². The Morgan fingerprint density at radius 3 is 2.55 bits per heavy atom. The van der Waals surface area contributed by atoms with Crippen molar-refractivity contribution in [2.45, 2.75) is 39.2 Å². The number of nitrogens with zero attached hydrogens (tertiary/aromatic N) is 4. The number of fused-ring (bicyclic) bond motifs is 1. The topological polar surface area (TPSA) is 78.7 Å². The summed E-state index contributed by atoms with van der Waals surface area (Å²) in [5, 5.41) is 9.62. The van der Waals surface area contributed by atoms with Gasteiger partial charge in [0.2, 0.25) is 5.91 Å². The summed E-state index contributed by atoms with van der Waals surface area (Å²) in [5.41, 5.74) is 1.56. The Balaban J connectivity index is 1.42. The van der Waals surface area contributed by atoms with Crippen molar-refractivity contribution in [1.29, 1.82) is 0 Å². The first-order chi connectivity index (χ1) is 14.1. The lowest BCUT2D eigenvalue weighted by atomic mass is 9.82. The smallest absolute Gasteiger partial charge is 0.261 e. The first-order valence-corrected chi connectivity index (χ1v) is 10.7. The fourth-order valence-electron chi connectivity index (χ4n) is 4.56. The molecule has 7 heteroatoms. The van der Waals surface area contributed by atoms with E-state index in [1.165, 1.54) is 23.7 Å². The molecule has 0 radical (unpaired) electrons. The summed E-state index contributed by atoms with van der Waals surface area (Å²) >= 11 is 0. The summed E-state index contributed by atoms with van der Waals surface area (Å²) in [6, 6.07) is 5.71. The van der Waals surface area contributed by atoms with E-state index < -0.39 is 0 Å². The molecule has 1 aromatic carbocycles. The van der Waals surface area contributed by atoms with Crippen molar-refractivity contribution in [3.63, 3.8) is 0 Å². The van der Waals surface area contributed by atoms with Crippen molar-refractivity contribution >= 4 is 22.5 Å². The molecule has 2 heterocycles. The van der Waals surface area contributed by atoms with Gasteiger partial charge in [-0.05, 0) is 49.8 Å².